The molecule has 1 heterocycles. The molecule has 0 aliphatic carbocycles. The molecule has 8 aromatic rings. The van der Waals surface area contributed by atoms with E-state index < -0.39 is 0 Å². The molecule has 0 amide bonds. The Morgan fingerprint density at radius 3 is 1.74 bits per heavy atom. The fraction of sp³-hybridized carbons (Fsp3) is 0. The monoisotopic (exact) mass is 460 g/mol. The predicted molar refractivity (Wildman–Crippen MR) is 154 cm³/mol. The van der Waals surface area contributed by atoms with E-state index in [2.05, 4.69) is 121 Å². The predicted octanol–water partition coefficient (Wildman–Crippen LogP) is 10.3. The van der Waals surface area contributed by atoms with Gasteiger partial charge in [0, 0.05) is 20.2 Å². The maximum atomic E-state index is 2.38. The highest BCUT2D eigenvalue weighted by atomic mass is 32.1. The molecular weight excluding hydrogens is 440 g/mol. The summed E-state index contributed by atoms with van der Waals surface area (Å²) < 4.78 is 2.68. The molecular formula is C34H20S. The molecule has 0 spiro atoms. The number of hydrogen-bond acceptors (Lipinski definition) is 1. The molecule has 0 N–H and O–H groups in total. The van der Waals surface area contributed by atoms with E-state index in [9.17, 15) is 0 Å². The van der Waals surface area contributed by atoms with Gasteiger partial charge in [0.2, 0.25) is 0 Å². The normalized spacial score (nSPS) is 12.0. The second-order valence-corrected chi connectivity index (χ2v) is 10.4. The number of hydrogen-bond donors (Lipinski definition) is 0. The Kier molecular flexibility index (Phi) is 3.91. The topological polar surface area (TPSA) is 0 Å². The summed E-state index contributed by atoms with van der Waals surface area (Å²) in [6, 6.07) is 44.8. The molecule has 0 saturated carbocycles. The van der Waals surface area contributed by atoms with Crippen LogP contribution in [0.2, 0.25) is 0 Å². The van der Waals surface area contributed by atoms with Crippen molar-refractivity contribution < 1.29 is 0 Å². The van der Waals surface area contributed by atoms with Crippen LogP contribution in [0, 0.1) is 0 Å². The van der Waals surface area contributed by atoms with Crippen LogP contribution in [0.25, 0.3) is 74.7 Å². The van der Waals surface area contributed by atoms with Crippen molar-refractivity contribution >= 4 is 63.8 Å². The second kappa shape index (κ2) is 7.15. The van der Waals surface area contributed by atoms with E-state index in [1.54, 1.807) is 0 Å². The highest BCUT2D eigenvalue weighted by Crippen LogP contribution is 2.42. The van der Waals surface area contributed by atoms with Crippen LogP contribution < -0.4 is 0 Å². The molecule has 7 aromatic carbocycles. The molecule has 8 rings (SSSR count). The third-order valence-electron chi connectivity index (χ3n) is 7.42. The third kappa shape index (κ3) is 2.79. The van der Waals surface area contributed by atoms with Crippen LogP contribution in [0.5, 0.6) is 0 Å². The SMILES string of the molecule is c1ccc(-c2ccc3c(c2)sc2cc(-c4ccc5ccc6cccc7ccc4c5c67)ccc23)cc1. The van der Waals surface area contributed by atoms with Crippen molar-refractivity contribution in [2.75, 3.05) is 0 Å². The van der Waals surface area contributed by atoms with E-state index in [4.69, 9.17) is 0 Å². The van der Waals surface area contributed by atoms with E-state index in [0.717, 1.165) is 0 Å². The molecule has 0 atom stereocenters. The lowest BCUT2D eigenvalue weighted by Crippen LogP contribution is -1.87. The minimum absolute atomic E-state index is 1.26. The highest BCUT2D eigenvalue weighted by molar-refractivity contribution is 7.25. The van der Waals surface area contributed by atoms with E-state index in [0.29, 0.717) is 0 Å². The van der Waals surface area contributed by atoms with Crippen molar-refractivity contribution in [3.8, 4) is 22.3 Å². The lowest BCUT2D eigenvalue weighted by atomic mass is 9.90. The Hall–Kier alpha value is -4.20. The first kappa shape index (κ1) is 19.1. The van der Waals surface area contributed by atoms with Crippen molar-refractivity contribution in [3.05, 3.63) is 121 Å². The summed E-state index contributed by atoms with van der Waals surface area (Å²) >= 11 is 1.89. The van der Waals surface area contributed by atoms with Crippen LogP contribution in [-0.2, 0) is 0 Å². The molecule has 162 valence electrons. The number of fused-ring (bicyclic) bond motifs is 3. The van der Waals surface area contributed by atoms with Crippen LogP contribution in [0.1, 0.15) is 0 Å². The van der Waals surface area contributed by atoms with Gasteiger partial charge < -0.3 is 0 Å². The minimum atomic E-state index is 1.26. The fourth-order valence-corrected chi connectivity index (χ4v) is 6.93. The van der Waals surface area contributed by atoms with Crippen molar-refractivity contribution in [2.24, 2.45) is 0 Å². The van der Waals surface area contributed by atoms with Crippen LogP contribution in [-0.4, -0.2) is 0 Å². The van der Waals surface area contributed by atoms with Crippen LogP contribution in [0.15, 0.2) is 121 Å². The lowest BCUT2D eigenvalue weighted by molar-refractivity contribution is 1.66. The molecule has 0 saturated heterocycles. The van der Waals surface area contributed by atoms with Gasteiger partial charge in [-0.3, -0.25) is 0 Å². The van der Waals surface area contributed by atoms with Gasteiger partial charge in [0.15, 0.2) is 0 Å². The van der Waals surface area contributed by atoms with Gasteiger partial charge in [-0.15, -0.1) is 11.3 Å². The summed E-state index contributed by atoms with van der Waals surface area (Å²) in [7, 11) is 0. The summed E-state index contributed by atoms with van der Waals surface area (Å²) in [6.07, 6.45) is 0. The van der Waals surface area contributed by atoms with Gasteiger partial charge in [-0.05, 0) is 66.7 Å². The van der Waals surface area contributed by atoms with Gasteiger partial charge >= 0.3 is 0 Å². The summed E-state index contributed by atoms with van der Waals surface area (Å²) in [5.74, 6) is 0. The maximum Gasteiger partial charge on any atom is 0.0361 e. The molecule has 0 fully saturated rings. The van der Waals surface area contributed by atoms with E-state index in [1.165, 1.54) is 74.7 Å². The second-order valence-electron chi connectivity index (χ2n) is 9.36. The van der Waals surface area contributed by atoms with E-state index in [-0.39, 0.29) is 0 Å². The first-order chi connectivity index (χ1) is 17.3. The summed E-state index contributed by atoms with van der Waals surface area (Å²) in [4.78, 5) is 0. The van der Waals surface area contributed by atoms with Gasteiger partial charge in [-0.2, -0.15) is 0 Å². The van der Waals surface area contributed by atoms with Gasteiger partial charge in [0.1, 0.15) is 0 Å². The van der Waals surface area contributed by atoms with Gasteiger partial charge in [0.05, 0.1) is 0 Å². The Morgan fingerprint density at radius 1 is 0.371 bits per heavy atom. The van der Waals surface area contributed by atoms with Crippen molar-refractivity contribution in [1.82, 2.24) is 0 Å². The quantitative estimate of drug-likeness (QED) is 0.225. The Labute approximate surface area is 207 Å². The average molecular weight is 461 g/mol. The van der Waals surface area contributed by atoms with Crippen LogP contribution >= 0.6 is 11.3 Å². The molecule has 1 aromatic heterocycles. The smallest absolute Gasteiger partial charge is 0.0361 e. The van der Waals surface area contributed by atoms with Crippen LogP contribution in [0.3, 0.4) is 0 Å². The van der Waals surface area contributed by atoms with E-state index in [1.807, 2.05) is 11.3 Å². The zero-order valence-corrected chi connectivity index (χ0v) is 19.8. The molecule has 0 radical (unpaired) electrons. The fourth-order valence-electron chi connectivity index (χ4n) is 5.74. The first-order valence-corrected chi connectivity index (χ1v) is 12.8. The zero-order valence-electron chi connectivity index (χ0n) is 19.0. The number of benzene rings is 7. The molecule has 0 unspecified atom stereocenters. The summed E-state index contributed by atoms with van der Waals surface area (Å²) in [5.41, 5.74) is 5.13. The largest absolute Gasteiger partial charge is 0.135 e. The third-order valence-corrected chi connectivity index (χ3v) is 8.54. The molecule has 0 aliphatic heterocycles. The Balaban J connectivity index is 1.34. The van der Waals surface area contributed by atoms with Crippen molar-refractivity contribution in [2.45, 2.75) is 0 Å². The standard InChI is InChI=1S/C34H20S/c1-2-5-21(6-3-1)25-13-16-28-29-17-14-26(20-32(29)35-31(28)19-25)27-15-11-24-10-9-22-7-4-8-23-12-18-30(27)34(24)33(22)23/h1-20H. The highest BCUT2D eigenvalue weighted by Gasteiger charge is 2.13. The average Bonchev–Trinajstić information content (AvgIpc) is 3.29. The maximum absolute atomic E-state index is 2.38. The summed E-state index contributed by atoms with van der Waals surface area (Å²) in [6.45, 7) is 0. The molecule has 1 heteroatoms. The Bertz CT molecular complexity index is 2030. The zero-order chi connectivity index (χ0) is 22.9. The summed E-state index contributed by atoms with van der Waals surface area (Å²) in [5, 5.41) is 10.7. The van der Waals surface area contributed by atoms with Gasteiger partial charge in [-0.25, -0.2) is 0 Å². The van der Waals surface area contributed by atoms with Gasteiger partial charge in [-0.1, -0.05) is 109 Å². The Morgan fingerprint density at radius 2 is 0.971 bits per heavy atom. The number of rotatable bonds is 2. The van der Waals surface area contributed by atoms with Crippen LogP contribution in [0.4, 0.5) is 0 Å². The molecule has 0 bridgehead atoms. The molecule has 0 nitrogen and oxygen atoms in total. The van der Waals surface area contributed by atoms with Crippen molar-refractivity contribution in [1.29, 1.82) is 0 Å². The number of thiophene rings is 1. The molecule has 0 aliphatic rings. The van der Waals surface area contributed by atoms with E-state index >= 15 is 0 Å². The minimum Gasteiger partial charge on any atom is -0.135 e. The van der Waals surface area contributed by atoms with Crippen molar-refractivity contribution in [3.63, 3.8) is 0 Å². The first-order valence-electron chi connectivity index (χ1n) is 12.0. The van der Waals surface area contributed by atoms with Gasteiger partial charge in [0.25, 0.3) is 0 Å². The molecule has 35 heavy (non-hydrogen) atoms. The lowest BCUT2D eigenvalue weighted by Gasteiger charge is -2.14.